The summed E-state index contributed by atoms with van der Waals surface area (Å²) in [7, 11) is 0. The first-order valence-corrected chi connectivity index (χ1v) is 5.48. The third kappa shape index (κ3) is 2.23. The molecule has 0 radical (unpaired) electrons. The summed E-state index contributed by atoms with van der Waals surface area (Å²) in [6.07, 6.45) is 1.95. The van der Waals surface area contributed by atoms with Gasteiger partial charge in [0.2, 0.25) is 0 Å². The van der Waals surface area contributed by atoms with Crippen LogP contribution in [0.25, 0.3) is 0 Å². The van der Waals surface area contributed by atoms with Gasteiger partial charge in [-0.25, -0.2) is 0 Å². The molecule has 1 aromatic carbocycles. The highest BCUT2D eigenvalue weighted by molar-refractivity contribution is 5.61. The Morgan fingerprint density at radius 2 is 2.33 bits per heavy atom. The minimum absolute atomic E-state index is 0.284. The maximum absolute atomic E-state index is 9.42. The van der Waals surface area contributed by atoms with Crippen molar-refractivity contribution < 1.29 is 5.11 Å². The van der Waals surface area contributed by atoms with Crippen LogP contribution < -0.4 is 10.6 Å². The second kappa shape index (κ2) is 4.11. The van der Waals surface area contributed by atoms with E-state index in [1.807, 2.05) is 19.1 Å². The van der Waals surface area contributed by atoms with Crippen LogP contribution >= 0.6 is 0 Å². The van der Waals surface area contributed by atoms with Gasteiger partial charge in [0, 0.05) is 24.5 Å². The normalized spacial score (nSPS) is 17.3. The van der Waals surface area contributed by atoms with E-state index in [1.165, 1.54) is 11.3 Å². The van der Waals surface area contributed by atoms with Gasteiger partial charge in [0.05, 0.1) is 6.10 Å². The maximum atomic E-state index is 9.42. The highest BCUT2D eigenvalue weighted by Gasteiger charge is 2.17. The van der Waals surface area contributed by atoms with Crippen molar-refractivity contribution in [3.63, 3.8) is 0 Å². The molecule has 3 nitrogen and oxygen atoms in total. The first kappa shape index (κ1) is 10.3. The minimum Gasteiger partial charge on any atom is -0.399 e. The van der Waals surface area contributed by atoms with Gasteiger partial charge in [0.1, 0.15) is 0 Å². The fourth-order valence-electron chi connectivity index (χ4n) is 2.20. The predicted molar refractivity (Wildman–Crippen MR) is 63.1 cm³/mol. The molecule has 0 aliphatic carbocycles. The monoisotopic (exact) mass is 206 g/mol. The van der Waals surface area contributed by atoms with Crippen molar-refractivity contribution in [3.8, 4) is 0 Å². The third-order valence-corrected chi connectivity index (χ3v) is 2.80. The molecule has 1 aliphatic rings. The number of hydrogen-bond donors (Lipinski definition) is 2. The molecule has 0 spiro atoms. The highest BCUT2D eigenvalue weighted by atomic mass is 16.3. The van der Waals surface area contributed by atoms with Gasteiger partial charge in [0.25, 0.3) is 0 Å². The molecule has 0 saturated heterocycles. The second-order valence-electron chi connectivity index (χ2n) is 4.29. The number of anilines is 2. The first-order chi connectivity index (χ1) is 7.16. The summed E-state index contributed by atoms with van der Waals surface area (Å²) < 4.78 is 0. The Morgan fingerprint density at radius 3 is 3.07 bits per heavy atom. The second-order valence-corrected chi connectivity index (χ2v) is 4.29. The lowest BCUT2D eigenvalue weighted by atomic mass is 10.0. The quantitative estimate of drug-likeness (QED) is 0.719. The Hall–Kier alpha value is -1.22. The number of nitrogens with two attached hydrogens (primary N) is 1. The van der Waals surface area contributed by atoms with Crippen LogP contribution in [0.1, 0.15) is 18.9 Å². The third-order valence-electron chi connectivity index (χ3n) is 2.80. The molecule has 1 aromatic rings. The van der Waals surface area contributed by atoms with Crippen molar-refractivity contribution >= 4 is 11.4 Å². The number of nitrogen functional groups attached to an aromatic ring is 1. The van der Waals surface area contributed by atoms with E-state index in [2.05, 4.69) is 11.0 Å². The average molecular weight is 206 g/mol. The van der Waals surface area contributed by atoms with E-state index in [9.17, 15) is 5.11 Å². The van der Waals surface area contributed by atoms with E-state index in [4.69, 9.17) is 5.73 Å². The zero-order valence-electron chi connectivity index (χ0n) is 9.11. The van der Waals surface area contributed by atoms with E-state index in [0.29, 0.717) is 6.54 Å². The molecule has 3 N–H and O–H groups in total. The van der Waals surface area contributed by atoms with Crippen molar-refractivity contribution in [3.05, 3.63) is 23.8 Å². The molecule has 82 valence electrons. The van der Waals surface area contributed by atoms with Gasteiger partial charge in [-0.05, 0) is 43.5 Å². The van der Waals surface area contributed by atoms with Crippen LogP contribution in [0.15, 0.2) is 18.2 Å². The average Bonchev–Trinajstić information content (AvgIpc) is 2.16. The van der Waals surface area contributed by atoms with Crippen LogP contribution in [-0.2, 0) is 6.42 Å². The van der Waals surface area contributed by atoms with Crippen LogP contribution in [0.3, 0.4) is 0 Å². The maximum Gasteiger partial charge on any atom is 0.0687 e. The number of β-amino-alcohol motifs (C(OH)–C–C–N with tert-alkyl or cyclic N) is 1. The molecule has 0 aromatic heterocycles. The molecule has 1 aliphatic heterocycles. The van der Waals surface area contributed by atoms with Crippen molar-refractivity contribution in [2.75, 3.05) is 23.7 Å². The fraction of sp³-hybridized carbons (Fsp3) is 0.500. The minimum atomic E-state index is -0.284. The zero-order chi connectivity index (χ0) is 10.8. The smallest absolute Gasteiger partial charge is 0.0687 e. The van der Waals surface area contributed by atoms with E-state index >= 15 is 0 Å². The Balaban J connectivity index is 2.26. The number of hydrogen-bond acceptors (Lipinski definition) is 3. The number of aryl methyl sites for hydroxylation is 1. The van der Waals surface area contributed by atoms with Gasteiger partial charge in [-0.15, -0.1) is 0 Å². The van der Waals surface area contributed by atoms with Crippen LogP contribution in [-0.4, -0.2) is 24.3 Å². The van der Waals surface area contributed by atoms with E-state index in [0.717, 1.165) is 25.1 Å². The number of aliphatic hydroxyl groups excluding tert-OH is 1. The molecule has 0 unspecified atom stereocenters. The summed E-state index contributed by atoms with van der Waals surface area (Å²) in [5.41, 5.74) is 9.13. The number of fused-ring (bicyclic) bond motifs is 1. The van der Waals surface area contributed by atoms with Crippen molar-refractivity contribution in [1.29, 1.82) is 0 Å². The van der Waals surface area contributed by atoms with Crippen molar-refractivity contribution in [2.24, 2.45) is 0 Å². The molecule has 1 atom stereocenters. The van der Waals surface area contributed by atoms with Crippen molar-refractivity contribution in [2.45, 2.75) is 25.9 Å². The van der Waals surface area contributed by atoms with Crippen LogP contribution in [0, 0.1) is 0 Å². The van der Waals surface area contributed by atoms with E-state index < -0.39 is 0 Å². The Kier molecular flexibility index (Phi) is 2.82. The number of nitrogens with zero attached hydrogens (tertiary/aromatic N) is 1. The predicted octanol–water partition coefficient (Wildman–Crippen LogP) is 1.40. The Labute approximate surface area is 90.5 Å². The molecule has 3 heteroatoms. The zero-order valence-corrected chi connectivity index (χ0v) is 9.11. The number of benzene rings is 1. The molecule has 1 heterocycles. The molecule has 15 heavy (non-hydrogen) atoms. The molecule has 2 rings (SSSR count). The summed E-state index contributed by atoms with van der Waals surface area (Å²) >= 11 is 0. The summed E-state index contributed by atoms with van der Waals surface area (Å²) in [5, 5.41) is 9.42. The van der Waals surface area contributed by atoms with Crippen LogP contribution in [0.4, 0.5) is 11.4 Å². The summed E-state index contributed by atoms with van der Waals surface area (Å²) in [4.78, 5) is 2.24. The van der Waals surface area contributed by atoms with Gasteiger partial charge in [0.15, 0.2) is 0 Å². The highest BCUT2D eigenvalue weighted by Crippen LogP contribution is 2.28. The van der Waals surface area contributed by atoms with Gasteiger partial charge < -0.3 is 15.7 Å². The number of rotatable bonds is 2. The van der Waals surface area contributed by atoms with Gasteiger partial charge in [-0.3, -0.25) is 0 Å². The molecule has 0 saturated carbocycles. The molecular weight excluding hydrogens is 188 g/mol. The lowest BCUT2D eigenvalue weighted by Crippen LogP contribution is -2.35. The van der Waals surface area contributed by atoms with Gasteiger partial charge in [-0.2, -0.15) is 0 Å². The Morgan fingerprint density at radius 1 is 1.53 bits per heavy atom. The summed E-state index contributed by atoms with van der Waals surface area (Å²) in [5.74, 6) is 0. The lowest BCUT2D eigenvalue weighted by molar-refractivity contribution is 0.199. The largest absolute Gasteiger partial charge is 0.399 e. The van der Waals surface area contributed by atoms with Crippen LogP contribution in [0.5, 0.6) is 0 Å². The number of aliphatic hydroxyl groups is 1. The van der Waals surface area contributed by atoms with E-state index in [-0.39, 0.29) is 6.10 Å². The standard InChI is InChI=1S/C12H18N2O/c1-9(15)8-14-6-2-3-10-7-11(13)4-5-12(10)14/h4-5,7,9,15H,2-3,6,8,13H2,1H3/t9-/m1/s1. The lowest BCUT2D eigenvalue weighted by Gasteiger charge is -2.32. The van der Waals surface area contributed by atoms with Crippen molar-refractivity contribution in [1.82, 2.24) is 0 Å². The summed E-state index contributed by atoms with van der Waals surface area (Å²) in [6.45, 7) is 3.56. The van der Waals surface area contributed by atoms with Gasteiger partial charge >= 0.3 is 0 Å². The summed E-state index contributed by atoms with van der Waals surface area (Å²) in [6, 6.07) is 6.04. The molecule has 0 fully saturated rings. The van der Waals surface area contributed by atoms with Gasteiger partial charge in [-0.1, -0.05) is 0 Å². The van der Waals surface area contributed by atoms with Crippen LogP contribution in [0.2, 0.25) is 0 Å². The molecule has 0 bridgehead atoms. The first-order valence-electron chi connectivity index (χ1n) is 5.48. The SMILES string of the molecule is C[C@@H](O)CN1CCCc2cc(N)ccc21. The topological polar surface area (TPSA) is 49.5 Å². The Bertz CT molecular complexity index is 349. The molecular formula is C12H18N2O. The van der Waals surface area contributed by atoms with E-state index in [1.54, 1.807) is 0 Å². The fourth-order valence-corrected chi connectivity index (χ4v) is 2.20. The molecule has 0 amide bonds.